The molecule has 0 aliphatic carbocycles. The first kappa shape index (κ1) is 16.0. The maximum atomic E-state index is 11.5. The number of hydrogen-bond acceptors (Lipinski definition) is 4. The van der Waals surface area contributed by atoms with E-state index in [9.17, 15) is 9.59 Å². The number of aromatic nitrogens is 1. The van der Waals surface area contributed by atoms with Gasteiger partial charge in [-0.3, -0.25) is 4.79 Å². The fourth-order valence-corrected chi connectivity index (χ4v) is 1.65. The van der Waals surface area contributed by atoms with E-state index < -0.39 is 5.97 Å². The maximum Gasteiger partial charge on any atom is 0.315 e. The van der Waals surface area contributed by atoms with Crippen LogP contribution in [0, 0.1) is 5.41 Å². The molecule has 1 aromatic rings. The summed E-state index contributed by atoms with van der Waals surface area (Å²) in [6, 6.07) is 1.39. The topological polar surface area (TPSA) is 104 Å². The number of carbonyl (C=O) groups is 2. The van der Waals surface area contributed by atoms with Crippen molar-refractivity contribution in [3.05, 3.63) is 18.0 Å². The highest BCUT2D eigenvalue weighted by Gasteiger charge is 2.19. The molecule has 20 heavy (non-hydrogen) atoms. The molecule has 0 radical (unpaired) electrons. The normalized spacial score (nSPS) is 11.1. The molecular formula is C13H21N3O4. The predicted octanol–water partition coefficient (Wildman–Crippen LogP) is 1.75. The third kappa shape index (κ3) is 6.77. The lowest BCUT2D eigenvalue weighted by atomic mass is 9.84. The van der Waals surface area contributed by atoms with E-state index in [4.69, 9.17) is 9.63 Å². The summed E-state index contributed by atoms with van der Waals surface area (Å²) < 4.78 is 4.85. The second-order valence-corrected chi connectivity index (χ2v) is 5.40. The van der Waals surface area contributed by atoms with Gasteiger partial charge in [-0.1, -0.05) is 19.0 Å². The number of urea groups is 1. The molecule has 1 aromatic heterocycles. The van der Waals surface area contributed by atoms with Crippen molar-refractivity contribution < 1.29 is 19.2 Å². The van der Waals surface area contributed by atoms with Crippen LogP contribution in [-0.4, -0.2) is 28.8 Å². The highest BCUT2D eigenvalue weighted by molar-refractivity contribution is 5.73. The summed E-state index contributed by atoms with van der Waals surface area (Å²) in [5.41, 5.74) is -0.114. The molecule has 2 amide bonds. The van der Waals surface area contributed by atoms with Gasteiger partial charge in [0.15, 0.2) is 5.76 Å². The van der Waals surface area contributed by atoms with Crippen LogP contribution >= 0.6 is 0 Å². The Morgan fingerprint density at radius 1 is 1.35 bits per heavy atom. The van der Waals surface area contributed by atoms with Gasteiger partial charge in [0.2, 0.25) is 0 Å². The molecule has 0 fully saturated rings. The fourth-order valence-electron chi connectivity index (χ4n) is 1.65. The summed E-state index contributed by atoms with van der Waals surface area (Å²) in [6.07, 6.45) is 2.96. The van der Waals surface area contributed by atoms with Gasteiger partial charge in [0, 0.05) is 19.0 Å². The number of hydrogen-bond donors (Lipinski definition) is 3. The lowest BCUT2D eigenvalue weighted by Crippen LogP contribution is -2.36. The molecule has 0 bridgehead atoms. The zero-order valence-electron chi connectivity index (χ0n) is 11.8. The number of carboxylic acid groups (broad SMARTS) is 1. The fraction of sp³-hybridized carbons (Fsp3) is 0.615. The molecule has 112 valence electrons. The van der Waals surface area contributed by atoms with Crippen LogP contribution < -0.4 is 10.6 Å². The van der Waals surface area contributed by atoms with Crippen molar-refractivity contribution in [3.63, 3.8) is 0 Å². The minimum atomic E-state index is -0.796. The maximum absolute atomic E-state index is 11.5. The van der Waals surface area contributed by atoms with Crippen molar-refractivity contribution in [2.45, 2.75) is 39.7 Å². The molecule has 0 saturated heterocycles. The molecular weight excluding hydrogens is 262 g/mol. The van der Waals surface area contributed by atoms with Gasteiger partial charge >= 0.3 is 12.0 Å². The van der Waals surface area contributed by atoms with Gasteiger partial charge in [-0.05, 0) is 18.3 Å². The average Bonchev–Trinajstić information content (AvgIpc) is 2.87. The number of carbonyl (C=O) groups excluding carboxylic acids is 1. The standard InChI is InChI=1S/C13H21N3O4/c1-13(2,5-3-11(17)18)6-8-14-12(19)15-9-10-4-7-16-20-10/h4,7H,3,5-6,8-9H2,1-2H3,(H,17,18)(H2,14,15,19). The second-order valence-electron chi connectivity index (χ2n) is 5.40. The van der Waals surface area contributed by atoms with Crippen LogP contribution in [0.5, 0.6) is 0 Å². The Hall–Kier alpha value is -2.05. The zero-order chi connectivity index (χ0) is 15.0. The van der Waals surface area contributed by atoms with Gasteiger partial charge in [-0.15, -0.1) is 0 Å². The Balaban J connectivity index is 2.15. The zero-order valence-corrected chi connectivity index (χ0v) is 11.8. The number of carboxylic acids is 1. The monoisotopic (exact) mass is 283 g/mol. The Bertz CT molecular complexity index is 429. The molecule has 1 heterocycles. The van der Waals surface area contributed by atoms with E-state index in [0.29, 0.717) is 18.7 Å². The summed E-state index contributed by atoms with van der Waals surface area (Å²) in [4.78, 5) is 22.0. The molecule has 0 atom stereocenters. The van der Waals surface area contributed by atoms with Crippen molar-refractivity contribution in [1.29, 1.82) is 0 Å². The number of amides is 2. The highest BCUT2D eigenvalue weighted by Crippen LogP contribution is 2.25. The lowest BCUT2D eigenvalue weighted by molar-refractivity contribution is -0.137. The predicted molar refractivity (Wildman–Crippen MR) is 72.0 cm³/mol. The molecule has 0 aliphatic rings. The van der Waals surface area contributed by atoms with Crippen LogP contribution in [0.4, 0.5) is 4.79 Å². The largest absolute Gasteiger partial charge is 0.481 e. The van der Waals surface area contributed by atoms with Crippen LogP contribution in [0.25, 0.3) is 0 Å². The summed E-state index contributed by atoms with van der Waals surface area (Å²) in [7, 11) is 0. The summed E-state index contributed by atoms with van der Waals surface area (Å²) in [6.45, 7) is 4.76. The van der Waals surface area contributed by atoms with Gasteiger partial charge in [0.05, 0.1) is 12.7 Å². The van der Waals surface area contributed by atoms with Gasteiger partial charge in [-0.25, -0.2) is 4.79 Å². The van der Waals surface area contributed by atoms with Gasteiger partial charge in [-0.2, -0.15) is 0 Å². The quantitative estimate of drug-likeness (QED) is 0.674. The van der Waals surface area contributed by atoms with E-state index in [1.54, 1.807) is 6.07 Å². The van der Waals surface area contributed by atoms with Crippen LogP contribution in [0.1, 0.15) is 38.9 Å². The second kappa shape index (κ2) is 7.52. The van der Waals surface area contributed by atoms with Crippen LogP contribution in [0.2, 0.25) is 0 Å². The van der Waals surface area contributed by atoms with Crippen molar-refractivity contribution in [2.75, 3.05) is 6.54 Å². The van der Waals surface area contributed by atoms with Crippen LogP contribution in [-0.2, 0) is 11.3 Å². The first-order valence-electron chi connectivity index (χ1n) is 6.52. The Morgan fingerprint density at radius 3 is 2.70 bits per heavy atom. The third-order valence-electron chi connectivity index (χ3n) is 3.02. The highest BCUT2D eigenvalue weighted by atomic mass is 16.5. The number of nitrogens with zero attached hydrogens (tertiary/aromatic N) is 1. The van der Waals surface area contributed by atoms with E-state index in [0.717, 1.165) is 6.42 Å². The van der Waals surface area contributed by atoms with Crippen molar-refractivity contribution >= 4 is 12.0 Å². The smallest absolute Gasteiger partial charge is 0.315 e. The lowest BCUT2D eigenvalue weighted by Gasteiger charge is -2.23. The third-order valence-corrected chi connectivity index (χ3v) is 3.02. The number of aliphatic carboxylic acids is 1. The van der Waals surface area contributed by atoms with Crippen molar-refractivity contribution in [1.82, 2.24) is 15.8 Å². The molecule has 7 heteroatoms. The SMILES string of the molecule is CC(C)(CCNC(=O)NCc1ccno1)CCC(=O)O. The number of nitrogens with one attached hydrogen (secondary N) is 2. The van der Waals surface area contributed by atoms with E-state index in [2.05, 4.69) is 15.8 Å². The van der Waals surface area contributed by atoms with Gasteiger partial charge < -0.3 is 20.3 Å². The first-order chi connectivity index (χ1) is 9.39. The van der Waals surface area contributed by atoms with Crippen molar-refractivity contribution in [3.8, 4) is 0 Å². The van der Waals surface area contributed by atoms with E-state index in [1.165, 1.54) is 6.20 Å². The minimum absolute atomic E-state index is 0.114. The molecule has 1 rings (SSSR count). The summed E-state index contributed by atoms with van der Waals surface area (Å²) in [5.74, 6) is -0.210. The molecule has 0 aliphatic heterocycles. The first-order valence-corrected chi connectivity index (χ1v) is 6.52. The van der Waals surface area contributed by atoms with Gasteiger partial charge in [0.25, 0.3) is 0 Å². The average molecular weight is 283 g/mol. The van der Waals surface area contributed by atoms with E-state index in [-0.39, 0.29) is 24.4 Å². The van der Waals surface area contributed by atoms with E-state index >= 15 is 0 Å². The van der Waals surface area contributed by atoms with Crippen molar-refractivity contribution in [2.24, 2.45) is 5.41 Å². The molecule has 0 saturated carbocycles. The Kier molecular flexibility index (Phi) is 6.02. The molecule has 0 spiro atoms. The molecule has 0 aromatic carbocycles. The minimum Gasteiger partial charge on any atom is -0.481 e. The Labute approximate surface area is 117 Å². The summed E-state index contributed by atoms with van der Waals surface area (Å²) in [5, 5.41) is 17.6. The molecule has 7 nitrogen and oxygen atoms in total. The Morgan fingerprint density at radius 2 is 2.10 bits per heavy atom. The molecule has 3 N–H and O–H groups in total. The van der Waals surface area contributed by atoms with Gasteiger partial charge in [0.1, 0.15) is 0 Å². The van der Waals surface area contributed by atoms with Crippen LogP contribution in [0.15, 0.2) is 16.8 Å². The van der Waals surface area contributed by atoms with E-state index in [1.807, 2.05) is 13.8 Å². The van der Waals surface area contributed by atoms with Crippen LogP contribution in [0.3, 0.4) is 0 Å². The summed E-state index contributed by atoms with van der Waals surface area (Å²) >= 11 is 0. The molecule has 0 unspecified atom stereocenters. The number of rotatable bonds is 8.